The average Bonchev–Trinajstić information content (AvgIpc) is 3.00. The summed E-state index contributed by atoms with van der Waals surface area (Å²) in [6.07, 6.45) is -4.68. The van der Waals surface area contributed by atoms with E-state index in [2.05, 4.69) is 10.3 Å². The third-order valence-corrected chi connectivity index (χ3v) is 4.60. The lowest BCUT2D eigenvalue weighted by molar-refractivity contribution is -0.147. The Bertz CT molecular complexity index is 1020. The molecule has 0 saturated heterocycles. The Morgan fingerprint density at radius 2 is 1.89 bits per heavy atom. The van der Waals surface area contributed by atoms with Crippen LogP contribution in [0.2, 0.25) is 0 Å². The number of amides is 1. The van der Waals surface area contributed by atoms with Crippen molar-refractivity contribution in [2.75, 3.05) is 11.1 Å². The minimum absolute atomic E-state index is 0.169. The first kappa shape index (κ1) is 18.8. The summed E-state index contributed by atoms with van der Waals surface area (Å²) in [7, 11) is 0. The molecule has 0 radical (unpaired) electrons. The topological polar surface area (TPSA) is 70.7 Å². The van der Waals surface area contributed by atoms with Crippen LogP contribution in [0.4, 0.5) is 18.9 Å². The highest BCUT2D eigenvalue weighted by Gasteiger charge is 2.38. The molecule has 0 saturated carbocycles. The molecule has 138 valence electrons. The zero-order valence-electron chi connectivity index (χ0n) is 13.8. The molecule has 0 aliphatic carbocycles. The molecule has 0 aliphatic rings. The Kier molecular flexibility index (Phi) is 5.37. The predicted octanol–water partition coefficient (Wildman–Crippen LogP) is 4.31. The maximum absolute atomic E-state index is 13.3. The minimum atomic E-state index is -4.68. The summed E-state index contributed by atoms with van der Waals surface area (Å²) in [6.45, 7) is -0.535. The van der Waals surface area contributed by atoms with Gasteiger partial charge in [0.2, 0.25) is 11.7 Å². The average molecular weight is 390 g/mol. The molecule has 5 nitrogen and oxygen atoms in total. The van der Waals surface area contributed by atoms with E-state index in [0.717, 1.165) is 4.57 Å². The predicted molar refractivity (Wildman–Crippen MR) is 96.1 cm³/mol. The number of carbonyl (C=O) groups excluding carboxylic acids is 1. The number of nitrogens with zero attached hydrogens (tertiary/aromatic N) is 3. The van der Waals surface area contributed by atoms with Crippen molar-refractivity contribution >= 4 is 34.4 Å². The number of aromatic nitrogens is 2. The number of alkyl halides is 3. The molecule has 3 aromatic rings. The van der Waals surface area contributed by atoms with Gasteiger partial charge in [0.25, 0.3) is 0 Å². The Labute approximate surface area is 156 Å². The lowest BCUT2D eigenvalue weighted by Gasteiger charge is -2.13. The van der Waals surface area contributed by atoms with E-state index in [4.69, 9.17) is 5.26 Å². The van der Waals surface area contributed by atoms with Gasteiger partial charge >= 0.3 is 6.18 Å². The number of imidazole rings is 1. The summed E-state index contributed by atoms with van der Waals surface area (Å²) >= 11 is 1.23. The van der Waals surface area contributed by atoms with Crippen molar-refractivity contribution in [2.24, 2.45) is 0 Å². The number of nitriles is 1. The van der Waals surface area contributed by atoms with E-state index in [1.54, 1.807) is 36.4 Å². The van der Waals surface area contributed by atoms with Gasteiger partial charge in [-0.2, -0.15) is 18.4 Å². The normalized spacial score (nSPS) is 11.3. The second-order valence-electron chi connectivity index (χ2n) is 5.50. The van der Waals surface area contributed by atoms with Gasteiger partial charge in [-0.05, 0) is 24.3 Å². The molecule has 0 atom stereocenters. The van der Waals surface area contributed by atoms with Crippen LogP contribution >= 0.6 is 11.8 Å². The summed E-state index contributed by atoms with van der Waals surface area (Å²) in [6, 6.07) is 14.9. The smallest absolute Gasteiger partial charge is 0.324 e. The number of halogens is 3. The molecule has 27 heavy (non-hydrogen) atoms. The highest BCUT2D eigenvalue weighted by Crippen LogP contribution is 2.32. The van der Waals surface area contributed by atoms with Gasteiger partial charge in [0, 0.05) is 4.90 Å². The fourth-order valence-electron chi connectivity index (χ4n) is 2.59. The van der Waals surface area contributed by atoms with Crippen molar-refractivity contribution in [1.82, 2.24) is 9.55 Å². The van der Waals surface area contributed by atoms with E-state index in [-0.39, 0.29) is 16.8 Å². The lowest BCUT2D eigenvalue weighted by atomic mass is 10.3. The first-order chi connectivity index (χ1) is 12.9. The fraction of sp³-hybridized carbons (Fsp3) is 0.167. The highest BCUT2D eigenvalue weighted by atomic mass is 32.2. The number of anilines is 1. The third-order valence-electron chi connectivity index (χ3n) is 3.66. The van der Waals surface area contributed by atoms with Crippen LogP contribution in [-0.4, -0.2) is 21.2 Å². The molecule has 1 N–H and O–H groups in total. The van der Waals surface area contributed by atoms with Crippen LogP contribution in [-0.2, 0) is 17.5 Å². The number of hydrogen-bond donors (Lipinski definition) is 1. The van der Waals surface area contributed by atoms with Crippen molar-refractivity contribution in [3.8, 4) is 6.07 Å². The Morgan fingerprint density at radius 3 is 2.63 bits per heavy atom. The molecule has 3 rings (SSSR count). The maximum Gasteiger partial charge on any atom is 0.449 e. The molecule has 2 aromatic carbocycles. The highest BCUT2D eigenvalue weighted by molar-refractivity contribution is 7.99. The van der Waals surface area contributed by atoms with Gasteiger partial charge in [0.05, 0.1) is 28.5 Å². The monoisotopic (exact) mass is 390 g/mol. The van der Waals surface area contributed by atoms with Crippen molar-refractivity contribution in [3.63, 3.8) is 0 Å². The molecule has 1 aromatic heterocycles. The van der Waals surface area contributed by atoms with Crippen molar-refractivity contribution in [2.45, 2.75) is 17.6 Å². The van der Waals surface area contributed by atoms with Crippen LogP contribution in [0.3, 0.4) is 0 Å². The van der Waals surface area contributed by atoms with Gasteiger partial charge in [-0.3, -0.25) is 4.79 Å². The van der Waals surface area contributed by atoms with Crippen LogP contribution in [0.1, 0.15) is 5.82 Å². The number of hydrogen-bond acceptors (Lipinski definition) is 4. The number of benzene rings is 2. The number of fused-ring (bicyclic) bond motifs is 1. The molecule has 1 heterocycles. The van der Waals surface area contributed by atoms with Crippen LogP contribution in [0.15, 0.2) is 53.4 Å². The van der Waals surface area contributed by atoms with E-state index in [1.165, 1.54) is 23.9 Å². The molecule has 0 fully saturated rings. The van der Waals surface area contributed by atoms with Gasteiger partial charge in [-0.15, -0.1) is 11.8 Å². The van der Waals surface area contributed by atoms with Crippen molar-refractivity contribution < 1.29 is 18.0 Å². The third kappa shape index (κ3) is 4.23. The Hall–Kier alpha value is -2.99. The molecular weight excluding hydrogens is 377 g/mol. The van der Waals surface area contributed by atoms with Gasteiger partial charge in [-0.1, -0.05) is 24.3 Å². The summed E-state index contributed by atoms with van der Waals surface area (Å²) < 4.78 is 40.8. The number of rotatable bonds is 5. The van der Waals surface area contributed by atoms with E-state index < -0.39 is 24.5 Å². The van der Waals surface area contributed by atoms with E-state index in [0.29, 0.717) is 10.6 Å². The zero-order chi connectivity index (χ0) is 19.4. The van der Waals surface area contributed by atoms with Crippen LogP contribution in [0, 0.1) is 11.3 Å². The zero-order valence-corrected chi connectivity index (χ0v) is 14.6. The molecule has 0 bridgehead atoms. The van der Waals surface area contributed by atoms with Crippen LogP contribution in [0.5, 0.6) is 0 Å². The van der Waals surface area contributed by atoms with Gasteiger partial charge in [0.15, 0.2) is 0 Å². The first-order valence-corrected chi connectivity index (χ1v) is 8.80. The Balaban J connectivity index is 1.88. The summed E-state index contributed by atoms with van der Waals surface area (Å²) in [4.78, 5) is 16.7. The molecule has 9 heteroatoms. The Morgan fingerprint density at radius 1 is 1.19 bits per heavy atom. The standard InChI is InChI=1S/C18H13F3N4OS/c19-18(20,21)17-24-12-5-1-3-7-14(12)25(17)11-16(26)23-13-6-2-4-8-15(13)27-10-9-22/h1-8H,10-11H2,(H,23,26). The quantitative estimate of drug-likeness (QED) is 0.659. The summed E-state index contributed by atoms with van der Waals surface area (Å²) in [5.74, 6) is -1.54. The van der Waals surface area contributed by atoms with Crippen LogP contribution < -0.4 is 5.32 Å². The van der Waals surface area contributed by atoms with Gasteiger partial charge in [0.1, 0.15) is 6.54 Å². The van der Waals surface area contributed by atoms with Crippen LogP contribution in [0.25, 0.3) is 11.0 Å². The number of nitrogens with one attached hydrogen (secondary N) is 1. The summed E-state index contributed by atoms with van der Waals surface area (Å²) in [5.41, 5.74) is 0.843. The van der Waals surface area contributed by atoms with Crippen molar-refractivity contribution in [1.29, 1.82) is 5.26 Å². The van der Waals surface area contributed by atoms with Crippen molar-refractivity contribution in [3.05, 3.63) is 54.4 Å². The number of para-hydroxylation sites is 3. The SMILES string of the molecule is N#CCSc1ccccc1NC(=O)Cn1c(C(F)(F)F)nc2ccccc21. The molecule has 0 spiro atoms. The largest absolute Gasteiger partial charge is 0.449 e. The van der Waals surface area contributed by atoms with Gasteiger partial charge < -0.3 is 9.88 Å². The maximum atomic E-state index is 13.3. The second kappa shape index (κ2) is 7.72. The molecule has 1 amide bonds. The fourth-order valence-corrected chi connectivity index (χ4v) is 3.26. The number of carbonyl (C=O) groups is 1. The van der Waals surface area contributed by atoms with Gasteiger partial charge in [-0.25, -0.2) is 4.98 Å². The molecular formula is C18H13F3N4OS. The second-order valence-corrected chi connectivity index (χ2v) is 6.52. The molecule has 0 unspecified atom stereocenters. The minimum Gasteiger partial charge on any atom is -0.324 e. The van der Waals surface area contributed by atoms with E-state index in [9.17, 15) is 18.0 Å². The van der Waals surface area contributed by atoms with E-state index in [1.807, 2.05) is 6.07 Å². The van der Waals surface area contributed by atoms with E-state index >= 15 is 0 Å². The first-order valence-electron chi connectivity index (χ1n) is 7.81. The molecule has 0 aliphatic heterocycles. The number of thioether (sulfide) groups is 1. The summed E-state index contributed by atoms with van der Waals surface area (Å²) in [5, 5.41) is 11.3. The lowest BCUT2D eigenvalue weighted by Crippen LogP contribution is -2.23.